The number of hydrogen-bond acceptors (Lipinski definition) is 4. The van der Waals surface area contributed by atoms with E-state index in [4.69, 9.17) is 0 Å². The number of aromatic nitrogens is 2. The number of nitrogens with one attached hydrogen (secondary N) is 2. The highest BCUT2D eigenvalue weighted by Crippen LogP contribution is 2.23. The zero-order valence-corrected chi connectivity index (χ0v) is 15.1. The highest BCUT2D eigenvalue weighted by molar-refractivity contribution is 7.13. The number of benzene rings is 2. The van der Waals surface area contributed by atoms with Gasteiger partial charge in [-0.05, 0) is 34.2 Å². The lowest BCUT2D eigenvalue weighted by atomic mass is 10.0. The number of amides is 1. The summed E-state index contributed by atoms with van der Waals surface area (Å²) in [6, 6.07) is 23.8. The maximum atomic E-state index is 12.2. The minimum absolute atomic E-state index is 0.301. The quantitative estimate of drug-likeness (QED) is 0.398. The molecule has 132 valence electrons. The molecule has 4 rings (SSSR count). The van der Waals surface area contributed by atoms with E-state index < -0.39 is 0 Å². The molecule has 27 heavy (non-hydrogen) atoms. The number of aromatic amines is 1. The summed E-state index contributed by atoms with van der Waals surface area (Å²) in [7, 11) is 0. The van der Waals surface area contributed by atoms with Crippen LogP contribution in [0.2, 0.25) is 0 Å². The van der Waals surface area contributed by atoms with Gasteiger partial charge in [-0.2, -0.15) is 10.2 Å². The Bertz CT molecular complexity index is 1050. The van der Waals surface area contributed by atoms with E-state index in [1.165, 1.54) is 0 Å². The molecule has 1 amide bonds. The van der Waals surface area contributed by atoms with Crippen LogP contribution >= 0.6 is 11.3 Å². The van der Waals surface area contributed by atoms with Crippen LogP contribution in [-0.4, -0.2) is 22.3 Å². The highest BCUT2D eigenvalue weighted by Gasteiger charge is 2.11. The van der Waals surface area contributed by atoms with Crippen molar-refractivity contribution < 1.29 is 4.79 Å². The smallest absolute Gasteiger partial charge is 0.276 e. The Balaban J connectivity index is 1.38. The Morgan fingerprint density at radius 1 is 1.00 bits per heavy atom. The molecule has 0 aliphatic carbocycles. The number of carbonyl (C=O) groups is 1. The van der Waals surface area contributed by atoms with Crippen LogP contribution in [0, 0.1) is 0 Å². The molecule has 2 heterocycles. The van der Waals surface area contributed by atoms with Crippen molar-refractivity contribution in [2.75, 3.05) is 0 Å². The number of nitrogens with zero attached hydrogens (tertiary/aromatic N) is 2. The predicted molar refractivity (Wildman–Crippen MR) is 109 cm³/mol. The Labute approximate surface area is 160 Å². The summed E-state index contributed by atoms with van der Waals surface area (Å²) in [5, 5.41) is 12.9. The van der Waals surface area contributed by atoms with Crippen molar-refractivity contribution >= 4 is 23.5 Å². The van der Waals surface area contributed by atoms with Crippen LogP contribution in [0.25, 0.3) is 21.7 Å². The molecule has 6 heteroatoms. The number of H-pyrrole nitrogens is 1. The van der Waals surface area contributed by atoms with Gasteiger partial charge in [-0.1, -0.05) is 60.7 Å². The molecule has 0 aliphatic rings. The lowest BCUT2D eigenvalue weighted by molar-refractivity contribution is 0.0950. The van der Waals surface area contributed by atoms with Crippen molar-refractivity contribution in [1.82, 2.24) is 15.6 Å². The van der Waals surface area contributed by atoms with Crippen molar-refractivity contribution in [2.24, 2.45) is 5.10 Å². The first kappa shape index (κ1) is 16.9. The van der Waals surface area contributed by atoms with Gasteiger partial charge in [0.1, 0.15) is 0 Å². The van der Waals surface area contributed by atoms with Crippen LogP contribution in [0.4, 0.5) is 0 Å². The molecule has 0 saturated carbocycles. The van der Waals surface area contributed by atoms with Gasteiger partial charge in [0, 0.05) is 0 Å². The third-order valence-electron chi connectivity index (χ3n) is 3.99. The lowest BCUT2D eigenvalue weighted by Gasteiger charge is -2.01. The van der Waals surface area contributed by atoms with Crippen molar-refractivity contribution in [3.8, 4) is 21.7 Å². The average Bonchev–Trinajstić information content (AvgIpc) is 3.41. The third kappa shape index (κ3) is 4.02. The second-order valence-electron chi connectivity index (χ2n) is 5.83. The standard InChI is InChI=1S/C21H16N4OS/c26-21(19-13-18(23-24-19)20-7-4-12-27-20)25-22-14-15-8-10-17(11-9-15)16-5-2-1-3-6-16/h1-14H,(H,23,24)(H,25,26)/b22-14-. The first-order chi connectivity index (χ1) is 13.3. The zero-order chi connectivity index (χ0) is 18.5. The second kappa shape index (κ2) is 7.80. The maximum Gasteiger partial charge on any atom is 0.291 e. The fraction of sp³-hybridized carbons (Fsp3) is 0. The Hall–Kier alpha value is -3.51. The summed E-state index contributed by atoms with van der Waals surface area (Å²) < 4.78 is 0. The first-order valence-corrected chi connectivity index (χ1v) is 9.26. The fourth-order valence-corrected chi connectivity index (χ4v) is 3.30. The van der Waals surface area contributed by atoms with E-state index in [2.05, 4.69) is 32.9 Å². The molecule has 0 radical (unpaired) electrons. The summed E-state index contributed by atoms with van der Waals surface area (Å²) in [6.07, 6.45) is 1.61. The second-order valence-corrected chi connectivity index (χ2v) is 6.78. The molecule has 0 saturated heterocycles. The van der Waals surface area contributed by atoms with Gasteiger partial charge in [0.05, 0.1) is 16.8 Å². The van der Waals surface area contributed by atoms with E-state index >= 15 is 0 Å². The van der Waals surface area contributed by atoms with Gasteiger partial charge in [0.25, 0.3) is 5.91 Å². The molecule has 2 aromatic carbocycles. The van der Waals surface area contributed by atoms with Crippen LogP contribution < -0.4 is 5.43 Å². The normalized spacial score (nSPS) is 11.0. The van der Waals surface area contributed by atoms with E-state index in [1.54, 1.807) is 23.6 Å². The monoisotopic (exact) mass is 372 g/mol. The number of thiophene rings is 1. The average molecular weight is 372 g/mol. The van der Waals surface area contributed by atoms with Crippen molar-refractivity contribution in [2.45, 2.75) is 0 Å². The molecule has 0 fully saturated rings. The van der Waals surface area contributed by atoms with E-state index in [0.717, 1.165) is 27.3 Å². The van der Waals surface area contributed by atoms with E-state index in [-0.39, 0.29) is 5.91 Å². The molecular weight excluding hydrogens is 356 g/mol. The molecule has 5 nitrogen and oxygen atoms in total. The molecule has 0 spiro atoms. The van der Waals surface area contributed by atoms with Crippen LogP contribution in [-0.2, 0) is 0 Å². The Kier molecular flexibility index (Phi) is 4.89. The maximum absolute atomic E-state index is 12.2. The van der Waals surface area contributed by atoms with Gasteiger partial charge >= 0.3 is 0 Å². The Morgan fingerprint density at radius 3 is 2.52 bits per heavy atom. The fourth-order valence-electron chi connectivity index (χ4n) is 2.61. The molecular formula is C21H16N4OS. The van der Waals surface area contributed by atoms with Crippen LogP contribution in [0.5, 0.6) is 0 Å². The van der Waals surface area contributed by atoms with Gasteiger partial charge < -0.3 is 0 Å². The van der Waals surface area contributed by atoms with Gasteiger partial charge in [-0.25, -0.2) is 5.43 Å². The summed E-state index contributed by atoms with van der Waals surface area (Å²) in [6.45, 7) is 0. The Morgan fingerprint density at radius 2 is 1.78 bits per heavy atom. The van der Waals surface area contributed by atoms with E-state index in [9.17, 15) is 4.79 Å². The van der Waals surface area contributed by atoms with Crippen LogP contribution in [0.15, 0.2) is 83.3 Å². The molecule has 4 aromatic rings. The number of hydrazone groups is 1. The molecule has 0 unspecified atom stereocenters. The molecule has 2 N–H and O–H groups in total. The van der Waals surface area contributed by atoms with Crippen molar-refractivity contribution in [3.05, 3.63) is 89.4 Å². The van der Waals surface area contributed by atoms with E-state index in [1.807, 2.05) is 60.0 Å². The topological polar surface area (TPSA) is 70.1 Å². The summed E-state index contributed by atoms with van der Waals surface area (Å²) in [4.78, 5) is 13.2. The van der Waals surface area contributed by atoms with Crippen LogP contribution in [0.1, 0.15) is 16.1 Å². The largest absolute Gasteiger partial charge is 0.291 e. The minimum Gasteiger partial charge on any atom is -0.276 e. The zero-order valence-electron chi connectivity index (χ0n) is 14.3. The summed E-state index contributed by atoms with van der Waals surface area (Å²) in [5.41, 5.74) is 6.81. The third-order valence-corrected chi connectivity index (χ3v) is 4.90. The van der Waals surface area contributed by atoms with Gasteiger partial charge in [0.2, 0.25) is 0 Å². The summed E-state index contributed by atoms with van der Waals surface area (Å²) >= 11 is 1.58. The first-order valence-electron chi connectivity index (χ1n) is 8.38. The van der Waals surface area contributed by atoms with Gasteiger partial charge in [-0.15, -0.1) is 11.3 Å². The summed E-state index contributed by atoms with van der Waals surface area (Å²) in [5.74, 6) is -0.355. The molecule has 0 aliphatic heterocycles. The molecule has 0 bridgehead atoms. The minimum atomic E-state index is -0.355. The van der Waals surface area contributed by atoms with Crippen LogP contribution in [0.3, 0.4) is 0 Å². The number of carbonyl (C=O) groups excluding carboxylic acids is 1. The van der Waals surface area contributed by atoms with Gasteiger partial charge in [0.15, 0.2) is 5.69 Å². The van der Waals surface area contributed by atoms with Crippen molar-refractivity contribution in [1.29, 1.82) is 0 Å². The lowest BCUT2D eigenvalue weighted by Crippen LogP contribution is -2.17. The number of rotatable bonds is 5. The van der Waals surface area contributed by atoms with Crippen molar-refractivity contribution in [3.63, 3.8) is 0 Å². The number of hydrogen-bond donors (Lipinski definition) is 2. The SMILES string of the molecule is O=C(N/N=C\c1ccc(-c2ccccc2)cc1)c1cc(-c2cccs2)[nH]n1. The molecule has 2 aromatic heterocycles. The van der Waals surface area contributed by atoms with E-state index in [0.29, 0.717) is 5.69 Å². The molecule has 0 atom stereocenters. The predicted octanol–water partition coefficient (Wildman–Crippen LogP) is 4.57. The highest BCUT2D eigenvalue weighted by atomic mass is 32.1. The van der Waals surface area contributed by atoms with Gasteiger partial charge in [-0.3, -0.25) is 9.89 Å².